The molecule has 1 rings (SSSR count). The molecule has 0 aromatic heterocycles. The monoisotopic (exact) mass is 549 g/mol. The summed E-state index contributed by atoms with van der Waals surface area (Å²) < 4.78 is 10.7. The van der Waals surface area contributed by atoms with Crippen LogP contribution in [-0.2, 0) is 23.9 Å². The van der Waals surface area contributed by atoms with Gasteiger partial charge in [-0.15, -0.1) is 0 Å². The molecule has 0 unspecified atom stereocenters. The normalized spacial score (nSPS) is 13.0. The SMILES string of the molecule is Cc1cccc(C(=O)NCCCC[C@H](NC(=O)N[C@@H](CCC(=O)O)C(=O)OC(C)(C)C)C(=O)OC(C)(C)C)c1. The number of hydrogen-bond acceptors (Lipinski definition) is 7. The summed E-state index contributed by atoms with van der Waals surface area (Å²) in [6.07, 6.45) is 0.685. The van der Waals surface area contributed by atoms with E-state index in [2.05, 4.69) is 16.0 Å². The van der Waals surface area contributed by atoms with E-state index in [9.17, 15) is 24.0 Å². The molecule has 0 aliphatic heterocycles. The van der Waals surface area contributed by atoms with Crippen molar-refractivity contribution in [2.45, 2.75) is 104 Å². The lowest BCUT2D eigenvalue weighted by atomic mass is 10.1. The predicted octanol–water partition coefficient (Wildman–Crippen LogP) is 3.48. The number of esters is 2. The number of carbonyl (C=O) groups is 5. The fourth-order valence-electron chi connectivity index (χ4n) is 3.43. The Bertz CT molecular complexity index is 1010. The van der Waals surface area contributed by atoms with Crippen LogP contribution in [0.15, 0.2) is 24.3 Å². The van der Waals surface area contributed by atoms with Crippen molar-refractivity contribution < 1.29 is 38.6 Å². The van der Waals surface area contributed by atoms with E-state index in [1.54, 1.807) is 59.7 Å². The number of ether oxygens (including phenoxy) is 2. The molecule has 4 N–H and O–H groups in total. The van der Waals surface area contributed by atoms with Crippen LogP contribution in [0.25, 0.3) is 0 Å². The van der Waals surface area contributed by atoms with Crippen molar-refractivity contribution >= 4 is 29.8 Å². The highest BCUT2D eigenvalue weighted by Gasteiger charge is 2.30. The summed E-state index contributed by atoms with van der Waals surface area (Å²) in [4.78, 5) is 61.5. The van der Waals surface area contributed by atoms with Gasteiger partial charge in [-0.1, -0.05) is 17.7 Å². The van der Waals surface area contributed by atoms with Crippen molar-refractivity contribution in [2.75, 3.05) is 6.54 Å². The highest BCUT2D eigenvalue weighted by molar-refractivity contribution is 5.94. The number of urea groups is 1. The second kappa shape index (κ2) is 15.1. The lowest BCUT2D eigenvalue weighted by Crippen LogP contribution is -2.53. The lowest BCUT2D eigenvalue weighted by molar-refractivity contribution is -0.158. The molecule has 1 aromatic carbocycles. The largest absolute Gasteiger partial charge is 0.481 e. The number of rotatable bonds is 13. The zero-order chi connectivity index (χ0) is 29.8. The van der Waals surface area contributed by atoms with E-state index in [0.29, 0.717) is 24.9 Å². The number of carboxylic acids is 1. The summed E-state index contributed by atoms with van der Waals surface area (Å²) in [6.45, 7) is 12.3. The number of aryl methyl sites for hydroxylation is 1. The maximum atomic E-state index is 12.8. The van der Waals surface area contributed by atoms with Crippen LogP contribution in [0.5, 0.6) is 0 Å². The summed E-state index contributed by atoms with van der Waals surface area (Å²) in [5.41, 5.74) is -0.105. The van der Waals surface area contributed by atoms with E-state index < -0.39 is 47.2 Å². The van der Waals surface area contributed by atoms with Crippen molar-refractivity contribution in [2.24, 2.45) is 0 Å². The summed E-state index contributed by atoms with van der Waals surface area (Å²) >= 11 is 0. The minimum absolute atomic E-state index is 0.185. The van der Waals surface area contributed by atoms with E-state index in [4.69, 9.17) is 14.6 Å². The third kappa shape index (κ3) is 14.8. The van der Waals surface area contributed by atoms with Gasteiger partial charge in [-0.3, -0.25) is 9.59 Å². The molecule has 0 bridgehead atoms. The predicted molar refractivity (Wildman–Crippen MR) is 145 cm³/mol. The van der Waals surface area contributed by atoms with Crippen LogP contribution in [0.3, 0.4) is 0 Å². The van der Waals surface area contributed by atoms with Crippen LogP contribution in [0.4, 0.5) is 4.79 Å². The van der Waals surface area contributed by atoms with Gasteiger partial charge >= 0.3 is 23.9 Å². The van der Waals surface area contributed by atoms with E-state index in [0.717, 1.165) is 5.56 Å². The number of carboxylic acid groups (broad SMARTS) is 1. The average molecular weight is 550 g/mol. The Hall–Kier alpha value is -3.63. The standard InChI is InChI=1S/C28H43N3O8/c1-18-11-10-12-19(17-18)23(34)29-16-9-8-13-20(24(35)38-27(2,3)4)30-26(37)31-21(14-15-22(32)33)25(36)39-28(5,6)7/h10-12,17,20-21H,8-9,13-16H2,1-7H3,(H,29,34)(H,32,33)(H2,30,31,37)/t20-,21-/m0/s1. The summed E-state index contributed by atoms with van der Waals surface area (Å²) in [5, 5.41) is 16.8. The summed E-state index contributed by atoms with van der Waals surface area (Å²) in [7, 11) is 0. The molecule has 39 heavy (non-hydrogen) atoms. The second-order valence-electron chi connectivity index (χ2n) is 11.3. The molecule has 0 fully saturated rings. The topological polar surface area (TPSA) is 160 Å². The molecule has 0 spiro atoms. The van der Waals surface area contributed by atoms with E-state index >= 15 is 0 Å². The van der Waals surface area contributed by atoms with Crippen LogP contribution < -0.4 is 16.0 Å². The van der Waals surface area contributed by atoms with Crippen molar-refractivity contribution in [3.8, 4) is 0 Å². The Kier molecular flexibility index (Phi) is 12.9. The van der Waals surface area contributed by atoms with Gasteiger partial charge in [0.2, 0.25) is 0 Å². The van der Waals surface area contributed by atoms with Gasteiger partial charge in [0.05, 0.1) is 0 Å². The van der Waals surface area contributed by atoms with Crippen molar-refractivity contribution in [1.29, 1.82) is 0 Å². The number of nitrogens with one attached hydrogen (secondary N) is 3. The minimum atomic E-state index is -1.23. The first kappa shape index (κ1) is 33.4. The van der Waals surface area contributed by atoms with Crippen LogP contribution in [0.2, 0.25) is 0 Å². The van der Waals surface area contributed by atoms with Crippen LogP contribution in [0, 0.1) is 6.92 Å². The zero-order valence-corrected chi connectivity index (χ0v) is 24.0. The first-order chi connectivity index (χ1) is 18.0. The third-order valence-electron chi connectivity index (χ3n) is 5.13. The molecule has 3 amide bonds. The second-order valence-corrected chi connectivity index (χ2v) is 11.3. The van der Waals surface area contributed by atoms with Gasteiger partial charge in [0.15, 0.2) is 0 Å². The Morgan fingerprint density at radius 3 is 1.87 bits per heavy atom. The van der Waals surface area contributed by atoms with Crippen molar-refractivity contribution in [3.05, 3.63) is 35.4 Å². The molecule has 0 heterocycles. The fraction of sp³-hybridized carbons (Fsp3) is 0.607. The molecule has 11 heteroatoms. The first-order valence-electron chi connectivity index (χ1n) is 13.1. The van der Waals surface area contributed by atoms with Crippen LogP contribution in [0.1, 0.15) is 89.6 Å². The highest BCUT2D eigenvalue weighted by atomic mass is 16.6. The molecule has 0 saturated heterocycles. The Morgan fingerprint density at radius 1 is 0.846 bits per heavy atom. The highest BCUT2D eigenvalue weighted by Crippen LogP contribution is 2.13. The maximum absolute atomic E-state index is 12.8. The fourth-order valence-corrected chi connectivity index (χ4v) is 3.43. The number of aliphatic carboxylic acids is 1. The van der Waals surface area contributed by atoms with Gasteiger partial charge in [0.1, 0.15) is 23.3 Å². The van der Waals surface area contributed by atoms with Gasteiger partial charge in [0.25, 0.3) is 5.91 Å². The molecule has 218 valence electrons. The van der Waals surface area contributed by atoms with Crippen molar-refractivity contribution in [1.82, 2.24) is 16.0 Å². The van der Waals surface area contributed by atoms with Crippen LogP contribution >= 0.6 is 0 Å². The maximum Gasteiger partial charge on any atom is 0.329 e. The molecule has 0 aliphatic rings. The smallest absolute Gasteiger partial charge is 0.329 e. The molecule has 2 atom stereocenters. The van der Waals surface area contributed by atoms with Gasteiger partial charge in [-0.05, 0) is 86.3 Å². The lowest BCUT2D eigenvalue weighted by Gasteiger charge is -2.27. The van der Waals surface area contributed by atoms with E-state index in [1.807, 2.05) is 13.0 Å². The number of carbonyl (C=O) groups excluding carboxylic acids is 4. The molecular formula is C28H43N3O8. The van der Waals surface area contributed by atoms with Gasteiger partial charge < -0.3 is 30.5 Å². The number of hydrogen-bond donors (Lipinski definition) is 4. The van der Waals surface area contributed by atoms with Gasteiger partial charge in [0, 0.05) is 18.5 Å². The third-order valence-corrected chi connectivity index (χ3v) is 5.13. The van der Waals surface area contributed by atoms with Gasteiger partial charge in [-0.25, -0.2) is 14.4 Å². The Morgan fingerprint density at radius 2 is 1.38 bits per heavy atom. The molecule has 0 aliphatic carbocycles. The van der Waals surface area contributed by atoms with E-state index in [1.165, 1.54) is 0 Å². The zero-order valence-electron chi connectivity index (χ0n) is 24.0. The first-order valence-corrected chi connectivity index (χ1v) is 13.1. The molecule has 11 nitrogen and oxygen atoms in total. The minimum Gasteiger partial charge on any atom is -0.481 e. The summed E-state index contributed by atoms with van der Waals surface area (Å²) in [6, 6.07) is 4.13. The Labute approximate surface area is 230 Å². The van der Waals surface area contributed by atoms with Crippen molar-refractivity contribution in [3.63, 3.8) is 0 Å². The van der Waals surface area contributed by atoms with Crippen LogP contribution in [-0.4, -0.2) is 64.8 Å². The molecule has 0 saturated carbocycles. The van der Waals surface area contributed by atoms with E-state index in [-0.39, 0.29) is 25.2 Å². The molecule has 0 radical (unpaired) electrons. The quantitative estimate of drug-likeness (QED) is 0.215. The Balaban J connectivity index is 2.78. The molecule has 1 aromatic rings. The average Bonchev–Trinajstić information content (AvgIpc) is 2.78. The number of amides is 3. The number of unbranched alkanes of at least 4 members (excludes halogenated alkanes) is 1. The molecular weight excluding hydrogens is 506 g/mol. The summed E-state index contributed by atoms with van der Waals surface area (Å²) in [5.74, 6) is -2.76. The van der Waals surface area contributed by atoms with Gasteiger partial charge in [-0.2, -0.15) is 0 Å². The number of benzene rings is 1.